The molecule has 1 aromatic heterocycles. The Morgan fingerprint density at radius 2 is 1.86 bits per heavy atom. The van der Waals surface area contributed by atoms with Gasteiger partial charge in [0.1, 0.15) is 5.82 Å². The van der Waals surface area contributed by atoms with Crippen LogP contribution in [0.3, 0.4) is 0 Å². The summed E-state index contributed by atoms with van der Waals surface area (Å²) in [5.41, 5.74) is 4.37. The molecule has 0 unspecified atom stereocenters. The first-order valence-corrected chi connectivity index (χ1v) is 11.3. The van der Waals surface area contributed by atoms with E-state index >= 15 is 0 Å². The summed E-state index contributed by atoms with van der Waals surface area (Å²) in [5, 5.41) is 0. The van der Waals surface area contributed by atoms with Crippen molar-refractivity contribution in [3.63, 3.8) is 0 Å². The van der Waals surface area contributed by atoms with Crippen LogP contribution in [0.15, 0.2) is 23.7 Å². The number of fused-ring (bicyclic) bond motifs is 1. The summed E-state index contributed by atoms with van der Waals surface area (Å²) in [5.74, 6) is 0.172. The molecular formula is C22H24FN3O2S. The van der Waals surface area contributed by atoms with Crippen LogP contribution in [0.1, 0.15) is 58.1 Å². The van der Waals surface area contributed by atoms with Gasteiger partial charge in [-0.2, -0.15) is 0 Å². The van der Waals surface area contributed by atoms with Gasteiger partial charge in [0.05, 0.1) is 17.7 Å². The maximum Gasteiger partial charge on any atom is 0.254 e. The van der Waals surface area contributed by atoms with Gasteiger partial charge in [-0.15, -0.1) is 11.3 Å². The molecule has 2 fully saturated rings. The van der Waals surface area contributed by atoms with E-state index < -0.39 is 0 Å². The summed E-state index contributed by atoms with van der Waals surface area (Å²) in [4.78, 5) is 35.5. The predicted molar refractivity (Wildman–Crippen MR) is 108 cm³/mol. The third kappa shape index (κ3) is 3.68. The number of thiazole rings is 1. The summed E-state index contributed by atoms with van der Waals surface area (Å²) >= 11 is 1.67. The van der Waals surface area contributed by atoms with Gasteiger partial charge in [-0.05, 0) is 55.4 Å². The summed E-state index contributed by atoms with van der Waals surface area (Å²) < 4.78 is 13.7. The van der Waals surface area contributed by atoms with E-state index in [-0.39, 0.29) is 23.5 Å². The summed E-state index contributed by atoms with van der Waals surface area (Å²) in [6.45, 7) is 2.52. The number of carbonyl (C=O) groups is 2. The Bertz CT molecular complexity index is 947. The molecule has 0 spiro atoms. The minimum Gasteiger partial charge on any atom is -0.339 e. The van der Waals surface area contributed by atoms with Crippen LogP contribution in [0.5, 0.6) is 0 Å². The highest BCUT2D eigenvalue weighted by atomic mass is 32.1. The average molecular weight is 414 g/mol. The Balaban J connectivity index is 1.22. The predicted octanol–water partition coefficient (Wildman–Crippen LogP) is 3.60. The van der Waals surface area contributed by atoms with Crippen molar-refractivity contribution in [1.82, 2.24) is 14.8 Å². The highest BCUT2D eigenvalue weighted by Crippen LogP contribution is 2.42. The maximum absolute atomic E-state index is 13.7. The smallest absolute Gasteiger partial charge is 0.254 e. The van der Waals surface area contributed by atoms with Crippen LogP contribution in [-0.2, 0) is 17.8 Å². The van der Waals surface area contributed by atoms with Crippen LogP contribution in [0, 0.1) is 11.7 Å². The number of halogens is 1. The first kappa shape index (κ1) is 18.7. The number of rotatable bonds is 3. The van der Waals surface area contributed by atoms with Crippen molar-refractivity contribution >= 4 is 23.2 Å². The zero-order valence-corrected chi connectivity index (χ0v) is 17.1. The van der Waals surface area contributed by atoms with Crippen LogP contribution in [-0.4, -0.2) is 46.2 Å². The van der Waals surface area contributed by atoms with Crippen LogP contribution < -0.4 is 0 Å². The van der Waals surface area contributed by atoms with Gasteiger partial charge in [0.15, 0.2) is 0 Å². The number of nitrogens with zero attached hydrogens (tertiary/aromatic N) is 3. The molecule has 152 valence electrons. The summed E-state index contributed by atoms with van der Waals surface area (Å²) in [6, 6.07) is 4.52. The highest BCUT2D eigenvalue weighted by molar-refractivity contribution is 7.09. The van der Waals surface area contributed by atoms with Crippen LogP contribution >= 0.6 is 11.3 Å². The van der Waals surface area contributed by atoms with Crippen LogP contribution in [0.25, 0.3) is 0 Å². The van der Waals surface area contributed by atoms with E-state index in [9.17, 15) is 14.0 Å². The number of carbonyl (C=O) groups excluding carboxylic acids is 2. The van der Waals surface area contributed by atoms with Crippen LogP contribution in [0.2, 0.25) is 0 Å². The lowest BCUT2D eigenvalue weighted by Gasteiger charge is -2.35. The molecule has 3 heterocycles. The Kier molecular flexibility index (Phi) is 4.86. The number of aromatic nitrogens is 1. The SMILES string of the molecule is O=C(c1ccc(F)cc1C1CC1)N1CCC(C(=O)N2CCc3scnc3C2)CC1. The number of likely N-dealkylation sites (tertiary alicyclic amines) is 1. The van der Waals surface area contributed by atoms with Gasteiger partial charge < -0.3 is 9.80 Å². The molecule has 2 aliphatic heterocycles. The number of hydrogen-bond acceptors (Lipinski definition) is 4. The van der Waals surface area contributed by atoms with E-state index in [1.807, 2.05) is 15.3 Å². The van der Waals surface area contributed by atoms with Gasteiger partial charge in [-0.25, -0.2) is 9.37 Å². The van der Waals surface area contributed by atoms with E-state index in [1.165, 1.54) is 17.0 Å². The molecule has 0 N–H and O–H groups in total. The molecule has 3 aliphatic rings. The zero-order chi connectivity index (χ0) is 20.0. The standard InChI is InChI=1S/C22H24FN3O2S/c23-16-3-4-17(18(11-16)14-1-2-14)22(28)25-8-5-15(6-9-25)21(27)26-10-7-20-19(12-26)24-13-29-20/h3-4,11,13-15H,1-2,5-10,12H2. The summed E-state index contributed by atoms with van der Waals surface area (Å²) in [6.07, 6.45) is 4.31. The lowest BCUT2D eigenvalue weighted by atomic mass is 9.93. The Labute approximate surface area is 173 Å². The third-order valence-electron chi connectivity index (χ3n) is 6.38. The average Bonchev–Trinajstić information content (AvgIpc) is 3.49. The quantitative estimate of drug-likeness (QED) is 0.773. The van der Waals surface area contributed by atoms with Gasteiger partial charge in [-0.1, -0.05) is 0 Å². The van der Waals surface area contributed by atoms with E-state index in [2.05, 4.69) is 4.98 Å². The van der Waals surface area contributed by atoms with Crippen molar-refractivity contribution in [2.75, 3.05) is 19.6 Å². The van der Waals surface area contributed by atoms with Gasteiger partial charge in [0.25, 0.3) is 5.91 Å². The minimum absolute atomic E-state index is 0.0251. The summed E-state index contributed by atoms with van der Waals surface area (Å²) in [7, 11) is 0. The van der Waals surface area contributed by atoms with Crippen molar-refractivity contribution in [3.05, 3.63) is 51.2 Å². The lowest BCUT2D eigenvalue weighted by Crippen LogP contribution is -2.45. The molecule has 7 heteroatoms. The second-order valence-corrected chi connectivity index (χ2v) is 9.24. The third-order valence-corrected chi connectivity index (χ3v) is 7.31. The molecule has 5 nitrogen and oxygen atoms in total. The fourth-order valence-electron chi connectivity index (χ4n) is 4.53. The molecule has 29 heavy (non-hydrogen) atoms. The molecular weight excluding hydrogens is 389 g/mol. The molecule has 0 radical (unpaired) electrons. The molecule has 5 rings (SSSR count). The number of amides is 2. The molecule has 1 aromatic carbocycles. The van der Waals surface area contributed by atoms with E-state index in [4.69, 9.17) is 0 Å². The number of benzene rings is 1. The monoisotopic (exact) mass is 413 g/mol. The molecule has 2 amide bonds. The topological polar surface area (TPSA) is 53.5 Å². The second-order valence-electron chi connectivity index (χ2n) is 8.30. The van der Waals surface area contributed by atoms with Crippen molar-refractivity contribution in [1.29, 1.82) is 0 Å². The van der Waals surface area contributed by atoms with Crippen molar-refractivity contribution in [3.8, 4) is 0 Å². The Morgan fingerprint density at radius 3 is 2.62 bits per heavy atom. The normalized spacial score (nSPS) is 19.9. The lowest BCUT2D eigenvalue weighted by molar-refractivity contribution is -0.137. The van der Waals surface area contributed by atoms with Crippen molar-refractivity contribution in [2.24, 2.45) is 5.92 Å². The van der Waals surface area contributed by atoms with Crippen molar-refractivity contribution < 1.29 is 14.0 Å². The number of hydrogen-bond donors (Lipinski definition) is 0. The fourth-order valence-corrected chi connectivity index (χ4v) is 5.30. The van der Waals surface area contributed by atoms with Crippen molar-refractivity contribution in [2.45, 2.75) is 44.6 Å². The molecule has 0 atom stereocenters. The van der Waals surface area contributed by atoms with E-state index in [0.717, 1.165) is 37.1 Å². The highest BCUT2D eigenvalue weighted by Gasteiger charge is 2.34. The minimum atomic E-state index is -0.280. The first-order chi connectivity index (χ1) is 14.1. The number of piperidine rings is 1. The first-order valence-electron chi connectivity index (χ1n) is 10.4. The Morgan fingerprint density at radius 1 is 1.07 bits per heavy atom. The van der Waals surface area contributed by atoms with E-state index in [0.29, 0.717) is 44.0 Å². The van der Waals surface area contributed by atoms with Crippen LogP contribution in [0.4, 0.5) is 4.39 Å². The van der Waals surface area contributed by atoms with Gasteiger partial charge in [0.2, 0.25) is 5.91 Å². The van der Waals surface area contributed by atoms with E-state index in [1.54, 1.807) is 17.4 Å². The largest absolute Gasteiger partial charge is 0.339 e. The second kappa shape index (κ2) is 7.52. The molecule has 1 aliphatic carbocycles. The maximum atomic E-state index is 13.7. The Hall–Kier alpha value is -2.28. The van der Waals surface area contributed by atoms with Gasteiger partial charge in [-0.3, -0.25) is 9.59 Å². The molecule has 2 aromatic rings. The fraction of sp³-hybridized carbons (Fsp3) is 0.500. The zero-order valence-electron chi connectivity index (χ0n) is 16.3. The molecule has 0 bridgehead atoms. The van der Waals surface area contributed by atoms with Gasteiger partial charge >= 0.3 is 0 Å². The van der Waals surface area contributed by atoms with Gasteiger partial charge in [0, 0.05) is 42.4 Å². The molecule has 1 saturated heterocycles. The molecule has 1 saturated carbocycles.